The molecule has 1 saturated heterocycles. The van der Waals surface area contributed by atoms with Gasteiger partial charge in [0.1, 0.15) is 0 Å². The van der Waals surface area contributed by atoms with E-state index in [0.717, 1.165) is 0 Å². The normalized spacial score (nSPS) is 31.0. The number of azide groups is 1. The van der Waals surface area contributed by atoms with Crippen LogP contribution in [0.2, 0.25) is 0 Å². The second kappa shape index (κ2) is 4.18. The van der Waals surface area contributed by atoms with E-state index in [1.165, 1.54) is 0 Å². The van der Waals surface area contributed by atoms with Crippen LogP contribution in [0.3, 0.4) is 0 Å². The molecule has 0 radical (unpaired) electrons. The molecule has 0 bridgehead atoms. The van der Waals surface area contributed by atoms with Crippen LogP contribution < -0.4 is 0 Å². The number of hydrogen-bond donors (Lipinski definition) is 0. The molecule has 0 spiro atoms. The van der Waals surface area contributed by atoms with Gasteiger partial charge < -0.3 is 9.47 Å². The molecule has 0 amide bonds. The first-order chi connectivity index (χ1) is 5.33. The van der Waals surface area contributed by atoms with Gasteiger partial charge in [0.25, 0.3) is 0 Å². The molecule has 0 unspecified atom stereocenters. The molecule has 0 aromatic heterocycles. The van der Waals surface area contributed by atoms with Gasteiger partial charge in [-0.05, 0) is 12.5 Å². The Morgan fingerprint density at radius 1 is 1.55 bits per heavy atom. The minimum atomic E-state index is -0.0536. The van der Waals surface area contributed by atoms with Crippen LogP contribution in [0.25, 0.3) is 10.4 Å². The molecule has 1 aliphatic heterocycles. The first kappa shape index (κ1) is 8.33. The Balaban J connectivity index is 2.22. The molecule has 5 nitrogen and oxygen atoms in total. The predicted molar refractivity (Wildman–Crippen MR) is 39.2 cm³/mol. The van der Waals surface area contributed by atoms with Gasteiger partial charge in [0.05, 0.1) is 32.0 Å². The quantitative estimate of drug-likeness (QED) is 0.342. The first-order valence-corrected chi connectivity index (χ1v) is 3.57. The van der Waals surface area contributed by atoms with Crippen LogP contribution in [0.4, 0.5) is 0 Å². The third kappa shape index (κ3) is 2.76. The molecule has 1 aliphatic rings. The zero-order chi connectivity index (χ0) is 8.10. The fraction of sp³-hybridized carbons (Fsp3) is 1.00. The third-order valence-electron chi connectivity index (χ3n) is 1.48. The largest absolute Gasteiger partial charge is 0.373 e. The summed E-state index contributed by atoms with van der Waals surface area (Å²) >= 11 is 0. The summed E-state index contributed by atoms with van der Waals surface area (Å²) in [5.74, 6) is 0. The van der Waals surface area contributed by atoms with E-state index in [-0.39, 0.29) is 12.2 Å². The molecular weight excluding hydrogens is 146 g/mol. The number of nitrogens with zero attached hydrogens (tertiary/aromatic N) is 3. The van der Waals surface area contributed by atoms with Crippen LogP contribution in [-0.2, 0) is 9.47 Å². The molecule has 1 rings (SSSR count). The maximum absolute atomic E-state index is 8.01. The Kier molecular flexibility index (Phi) is 3.16. The smallest absolute Gasteiger partial charge is 0.0866 e. The SMILES string of the molecule is C[C@@H]1CO[C@H](CN=[N+]=[N-])CO1. The summed E-state index contributed by atoms with van der Waals surface area (Å²) < 4.78 is 10.6. The third-order valence-corrected chi connectivity index (χ3v) is 1.48. The Bertz CT molecular complexity index is 159. The molecule has 0 saturated carbocycles. The molecule has 62 valence electrons. The zero-order valence-electron chi connectivity index (χ0n) is 6.43. The van der Waals surface area contributed by atoms with Gasteiger partial charge in [0.15, 0.2) is 0 Å². The lowest BCUT2D eigenvalue weighted by Gasteiger charge is -2.26. The number of ether oxygens (including phenoxy) is 2. The van der Waals surface area contributed by atoms with Crippen LogP contribution in [0.15, 0.2) is 5.11 Å². The molecule has 0 aromatic carbocycles. The molecule has 2 atom stereocenters. The highest BCUT2D eigenvalue weighted by Gasteiger charge is 2.17. The van der Waals surface area contributed by atoms with Crippen LogP contribution in [0.5, 0.6) is 0 Å². The Morgan fingerprint density at radius 2 is 2.36 bits per heavy atom. The lowest BCUT2D eigenvalue weighted by molar-refractivity contribution is -0.122. The van der Waals surface area contributed by atoms with E-state index in [1.807, 2.05) is 6.92 Å². The van der Waals surface area contributed by atoms with Crippen molar-refractivity contribution in [2.24, 2.45) is 5.11 Å². The van der Waals surface area contributed by atoms with Gasteiger partial charge in [-0.1, -0.05) is 5.11 Å². The summed E-state index contributed by atoms with van der Waals surface area (Å²) in [6, 6.07) is 0. The predicted octanol–water partition coefficient (Wildman–Crippen LogP) is 1.10. The Morgan fingerprint density at radius 3 is 2.91 bits per heavy atom. The van der Waals surface area contributed by atoms with Crippen molar-refractivity contribution in [2.45, 2.75) is 19.1 Å². The van der Waals surface area contributed by atoms with Crippen LogP contribution >= 0.6 is 0 Å². The number of hydrogen-bond acceptors (Lipinski definition) is 3. The van der Waals surface area contributed by atoms with Gasteiger partial charge in [-0.15, -0.1) is 0 Å². The van der Waals surface area contributed by atoms with E-state index < -0.39 is 0 Å². The van der Waals surface area contributed by atoms with Crippen molar-refractivity contribution in [1.29, 1.82) is 0 Å². The highest BCUT2D eigenvalue weighted by Crippen LogP contribution is 2.06. The highest BCUT2D eigenvalue weighted by molar-refractivity contribution is 4.67. The molecule has 0 aliphatic carbocycles. The van der Waals surface area contributed by atoms with Crippen molar-refractivity contribution in [3.63, 3.8) is 0 Å². The van der Waals surface area contributed by atoms with E-state index in [2.05, 4.69) is 10.0 Å². The maximum Gasteiger partial charge on any atom is 0.0866 e. The van der Waals surface area contributed by atoms with E-state index in [1.54, 1.807) is 0 Å². The zero-order valence-corrected chi connectivity index (χ0v) is 6.43. The standard InChI is InChI=1S/C6H11N3O2/c1-5-3-11-6(4-10-5)2-8-9-7/h5-6H,2-4H2,1H3/t5-,6-/m1/s1. The van der Waals surface area contributed by atoms with Gasteiger partial charge in [-0.2, -0.15) is 0 Å². The second-order valence-electron chi connectivity index (χ2n) is 2.51. The minimum absolute atomic E-state index is 0.0536. The molecule has 1 fully saturated rings. The van der Waals surface area contributed by atoms with E-state index in [4.69, 9.17) is 15.0 Å². The van der Waals surface area contributed by atoms with Gasteiger partial charge in [0, 0.05) is 4.91 Å². The van der Waals surface area contributed by atoms with Crippen molar-refractivity contribution in [1.82, 2.24) is 0 Å². The molecule has 0 aromatic rings. The Labute approximate surface area is 64.9 Å². The van der Waals surface area contributed by atoms with Crippen molar-refractivity contribution in [3.8, 4) is 0 Å². The molecular formula is C6H11N3O2. The summed E-state index contributed by atoms with van der Waals surface area (Å²) in [5.41, 5.74) is 8.01. The monoisotopic (exact) mass is 157 g/mol. The fourth-order valence-corrected chi connectivity index (χ4v) is 0.872. The van der Waals surface area contributed by atoms with Crippen molar-refractivity contribution in [3.05, 3.63) is 10.4 Å². The fourth-order valence-electron chi connectivity index (χ4n) is 0.872. The van der Waals surface area contributed by atoms with Gasteiger partial charge in [-0.3, -0.25) is 0 Å². The first-order valence-electron chi connectivity index (χ1n) is 3.57. The average Bonchev–Trinajstić information content (AvgIpc) is 2.04. The van der Waals surface area contributed by atoms with Gasteiger partial charge in [-0.25, -0.2) is 0 Å². The second-order valence-corrected chi connectivity index (χ2v) is 2.51. The minimum Gasteiger partial charge on any atom is -0.373 e. The van der Waals surface area contributed by atoms with Crippen molar-refractivity contribution in [2.75, 3.05) is 19.8 Å². The summed E-state index contributed by atoms with van der Waals surface area (Å²) in [4.78, 5) is 2.64. The molecule has 0 N–H and O–H groups in total. The molecule has 11 heavy (non-hydrogen) atoms. The van der Waals surface area contributed by atoms with Crippen LogP contribution in [0.1, 0.15) is 6.92 Å². The van der Waals surface area contributed by atoms with Crippen LogP contribution in [0, 0.1) is 0 Å². The summed E-state index contributed by atoms with van der Waals surface area (Å²) in [6.07, 6.45) is 0.111. The van der Waals surface area contributed by atoms with Gasteiger partial charge >= 0.3 is 0 Å². The average molecular weight is 157 g/mol. The van der Waals surface area contributed by atoms with Gasteiger partial charge in [0.2, 0.25) is 0 Å². The van der Waals surface area contributed by atoms with E-state index in [0.29, 0.717) is 19.8 Å². The summed E-state index contributed by atoms with van der Waals surface area (Å²) in [7, 11) is 0. The maximum atomic E-state index is 8.01. The topological polar surface area (TPSA) is 67.2 Å². The number of rotatable bonds is 2. The summed E-state index contributed by atoms with van der Waals surface area (Å²) in [6.45, 7) is 3.43. The van der Waals surface area contributed by atoms with Crippen LogP contribution in [-0.4, -0.2) is 32.0 Å². The molecule has 5 heteroatoms. The lowest BCUT2D eigenvalue weighted by atomic mass is 10.3. The van der Waals surface area contributed by atoms with E-state index in [9.17, 15) is 0 Å². The van der Waals surface area contributed by atoms with Crippen molar-refractivity contribution < 1.29 is 9.47 Å². The Hall–Kier alpha value is -0.770. The van der Waals surface area contributed by atoms with Crippen molar-refractivity contribution >= 4 is 0 Å². The summed E-state index contributed by atoms with van der Waals surface area (Å²) in [5, 5.41) is 3.40. The highest BCUT2D eigenvalue weighted by atomic mass is 16.6. The molecule has 1 heterocycles. The van der Waals surface area contributed by atoms with E-state index >= 15 is 0 Å². The lowest BCUT2D eigenvalue weighted by Crippen LogP contribution is -2.35.